The van der Waals surface area contributed by atoms with Gasteiger partial charge in [0.25, 0.3) is 0 Å². The lowest BCUT2D eigenvalue weighted by Gasteiger charge is -2.41. The van der Waals surface area contributed by atoms with Crippen molar-refractivity contribution in [3.8, 4) is 11.5 Å². The van der Waals surface area contributed by atoms with Gasteiger partial charge >= 0.3 is 0 Å². The molecule has 0 aromatic heterocycles. The number of rotatable bonds is 10. The van der Waals surface area contributed by atoms with Crippen molar-refractivity contribution < 1.29 is 38.8 Å². The van der Waals surface area contributed by atoms with Gasteiger partial charge in [0.1, 0.15) is 18.0 Å². The zero-order valence-electron chi connectivity index (χ0n) is 23.1. The van der Waals surface area contributed by atoms with Gasteiger partial charge in [-0.3, -0.25) is 9.59 Å². The van der Waals surface area contributed by atoms with E-state index in [1.54, 1.807) is 42.5 Å². The van der Waals surface area contributed by atoms with Gasteiger partial charge in [-0.25, -0.2) is 4.39 Å². The minimum absolute atomic E-state index is 0.0126. The van der Waals surface area contributed by atoms with E-state index in [2.05, 4.69) is 5.32 Å². The number of halogens is 1. The predicted octanol–water partition coefficient (Wildman–Crippen LogP) is 2.22. The Morgan fingerprint density at radius 3 is 2.48 bits per heavy atom. The molecule has 42 heavy (non-hydrogen) atoms. The molecule has 0 spiro atoms. The van der Waals surface area contributed by atoms with Crippen molar-refractivity contribution in [1.82, 2.24) is 10.2 Å². The third kappa shape index (κ3) is 5.74. The number of ether oxygens (including phenoxy) is 2. The number of carbonyl (C=O) groups is 2. The molecule has 3 aromatic carbocycles. The molecule has 4 atom stereocenters. The largest absolute Gasteiger partial charge is 0.493 e. The molecule has 10 heteroatoms. The van der Waals surface area contributed by atoms with E-state index in [4.69, 9.17) is 9.47 Å². The van der Waals surface area contributed by atoms with Crippen LogP contribution >= 0.6 is 0 Å². The molecule has 1 aliphatic heterocycles. The van der Waals surface area contributed by atoms with E-state index in [9.17, 15) is 29.3 Å². The van der Waals surface area contributed by atoms with Crippen molar-refractivity contribution >= 4 is 11.8 Å². The number of nitrogens with one attached hydrogen (secondary N) is 1. The Bertz CT molecular complexity index is 1480. The molecule has 9 nitrogen and oxygen atoms in total. The first kappa shape index (κ1) is 29.2. The maximum Gasteiger partial charge on any atom is 0.247 e. The van der Waals surface area contributed by atoms with Crippen molar-refractivity contribution in [1.29, 1.82) is 0 Å². The molecule has 0 radical (unpaired) electrons. The summed E-state index contributed by atoms with van der Waals surface area (Å²) in [4.78, 5) is 28.7. The van der Waals surface area contributed by atoms with Gasteiger partial charge in [-0.05, 0) is 35.4 Å². The number of hydrogen-bond donors (Lipinski definition) is 4. The van der Waals surface area contributed by atoms with Crippen LogP contribution in [0.4, 0.5) is 4.39 Å². The predicted molar refractivity (Wildman–Crippen MR) is 151 cm³/mol. The third-order valence-corrected chi connectivity index (χ3v) is 7.67. The Balaban J connectivity index is 1.60. The number of hydrogen-bond acceptors (Lipinski definition) is 7. The smallest absolute Gasteiger partial charge is 0.247 e. The molecule has 1 heterocycles. The van der Waals surface area contributed by atoms with Crippen molar-refractivity contribution in [3.05, 3.63) is 106 Å². The molecular weight excluding hydrogens is 543 g/mol. The quantitative estimate of drug-likeness (QED) is 0.291. The Hall–Kier alpha value is -4.25. The summed E-state index contributed by atoms with van der Waals surface area (Å²) in [6, 6.07) is 17.4. The second-order valence-electron chi connectivity index (χ2n) is 10.3. The number of carbonyl (C=O) groups excluding carboxylic acids is 2. The molecular formula is C32H33FN2O7. The Labute approximate surface area is 242 Å². The standard InChI is InChI=1S/C32H33FN2O7/c1-41-26-14-20(18-37)13-22-28-23(32(40)34-11-12-36)16-25(29(39)31(28)42-30(22)26)35(17-21-9-5-6-10-24(21)33)27(38)15-19-7-3-2-4-8-19/h2-10,13-14,16,25,28-29,31,36-37,39H,11-12,15,17-18H2,1H3,(H,34,40)/t25-,28+,29+,31+/m1/s1. The molecule has 4 N–H and O–H groups in total. The normalized spacial score (nSPS) is 20.5. The van der Waals surface area contributed by atoms with Crippen molar-refractivity contribution in [2.75, 3.05) is 20.3 Å². The first-order valence-corrected chi connectivity index (χ1v) is 13.7. The third-order valence-electron chi connectivity index (χ3n) is 7.67. The SMILES string of the molecule is COc1cc(CO)cc2c1O[C@@H]1[C@@H](O)[C@H](N(Cc3ccccc3F)C(=O)Cc3ccccc3)C=C(C(=O)NCCO)[C@H]21. The van der Waals surface area contributed by atoms with Crippen molar-refractivity contribution in [2.45, 2.75) is 43.7 Å². The second kappa shape index (κ2) is 12.7. The molecule has 0 unspecified atom stereocenters. The van der Waals surface area contributed by atoms with Crippen LogP contribution in [0.1, 0.15) is 28.2 Å². The number of aliphatic hydroxyl groups is 3. The molecule has 220 valence electrons. The molecule has 1 aliphatic carbocycles. The summed E-state index contributed by atoms with van der Waals surface area (Å²) in [5, 5.41) is 33.7. The highest BCUT2D eigenvalue weighted by Gasteiger charge is 2.51. The van der Waals surface area contributed by atoms with Gasteiger partial charge in [0.15, 0.2) is 11.5 Å². The fourth-order valence-corrected chi connectivity index (χ4v) is 5.66. The van der Waals surface area contributed by atoms with Crippen LogP contribution in [0.5, 0.6) is 11.5 Å². The topological polar surface area (TPSA) is 129 Å². The number of nitrogens with zero attached hydrogens (tertiary/aromatic N) is 1. The first-order chi connectivity index (χ1) is 20.4. The Morgan fingerprint density at radius 1 is 1.05 bits per heavy atom. The minimum atomic E-state index is -1.31. The van der Waals surface area contributed by atoms with E-state index in [1.165, 1.54) is 24.2 Å². The van der Waals surface area contributed by atoms with Crippen LogP contribution in [-0.4, -0.2) is 70.5 Å². The summed E-state index contributed by atoms with van der Waals surface area (Å²) < 4.78 is 26.6. The summed E-state index contributed by atoms with van der Waals surface area (Å²) >= 11 is 0. The van der Waals surface area contributed by atoms with Gasteiger partial charge < -0.3 is 35.0 Å². The average molecular weight is 577 g/mol. The van der Waals surface area contributed by atoms with Gasteiger partial charge in [-0.1, -0.05) is 48.5 Å². The lowest BCUT2D eigenvalue weighted by Crippen LogP contribution is -2.55. The van der Waals surface area contributed by atoms with Gasteiger partial charge in [-0.2, -0.15) is 0 Å². The summed E-state index contributed by atoms with van der Waals surface area (Å²) in [6.45, 7) is -0.749. The monoisotopic (exact) mass is 576 g/mol. The van der Waals surface area contributed by atoms with E-state index in [1.807, 2.05) is 18.2 Å². The highest BCUT2D eigenvalue weighted by Crippen LogP contribution is 2.51. The van der Waals surface area contributed by atoms with Crippen LogP contribution in [0.15, 0.2) is 78.4 Å². The van der Waals surface area contributed by atoms with Gasteiger partial charge in [-0.15, -0.1) is 0 Å². The summed E-state index contributed by atoms with van der Waals surface area (Å²) in [5.41, 5.74) is 2.27. The van der Waals surface area contributed by atoms with E-state index in [-0.39, 0.29) is 49.8 Å². The van der Waals surface area contributed by atoms with E-state index < -0.39 is 35.9 Å². The number of fused-ring (bicyclic) bond motifs is 3. The van der Waals surface area contributed by atoms with Crippen molar-refractivity contribution in [2.24, 2.45) is 0 Å². The highest BCUT2D eigenvalue weighted by atomic mass is 19.1. The maximum absolute atomic E-state index is 14.8. The molecule has 0 saturated carbocycles. The fraction of sp³-hybridized carbons (Fsp3) is 0.312. The van der Waals surface area contributed by atoms with Crippen LogP contribution in [0, 0.1) is 5.82 Å². The molecule has 0 saturated heterocycles. The summed E-state index contributed by atoms with van der Waals surface area (Å²) in [5.74, 6) is -1.51. The highest BCUT2D eigenvalue weighted by molar-refractivity contribution is 5.96. The van der Waals surface area contributed by atoms with Gasteiger partial charge in [0, 0.05) is 29.8 Å². The van der Waals surface area contributed by atoms with E-state index >= 15 is 0 Å². The Morgan fingerprint density at radius 2 is 1.79 bits per heavy atom. The second-order valence-corrected chi connectivity index (χ2v) is 10.3. The molecule has 3 aromatic rings. The number of amides is 2. The van der Waals surface area contributed by atoms with E-state index in [0.29, 0.717) is 22.6 Å². The lowest BCUT2D eigenvalue weighted by molar-refractivity contribution is -0.137. The zero-order valence-corrected chi connectivity index (χ0v) is 23.1. The minimum Gasteiger partial charge on any atom is -0.493 e. The van der Waals surface area contributed by atoms with Crippen LogP contribution in [-0.2, 0) is 29.2 Å². The number of benzene rings is 3. The summed E-state index contributed by atoms with van der Waals surface area (Å²) in [7, 11) is 1.45. The number of methoxy groups -OCH3 is 1. The van der Waals surface area contributed by atoms with Gasteiger partial charge in [0.2, 0.25) is 11.8 Å². The molecule has 5 rings (SSSR count). The van der Waals surface area contributed by atoms with Crippen molar-refractivity contribution in [3.63, 3.8) is 0 Å². The average Bonchev–Trinajstić information content (AvgIpc) is 3.40. The molecule has 0 bridgehead atoms. The van der Waals surface area contributed by atoms with Gasteiger partial charge in [0.05, 0.1) is 38.7 Å². The zero-order chi connectivity index (χ0) is 29.8. The fourth-order valence-electron chi connectivity index (χ4n) is 5.66. The van der Waals surface area contributed by atoms with Crippen LogP contribution in [0.2, 0.25) is 0 Å². The van der Waals surface area contributed by atoms with E-state index in [0.717, 1.165) is 5.56 Å². The molecule has 2 aliphatic rings. The summed E-state index contributed by atoms with van der Waals surface area (Å²) in [6.07, 6.45) is -0.800. The lowest BCUT2D eigenvalue weighted by atomic mass is 9.77. The van der Waals surface area contributed by atoms with Crippen LogP contribution < -0.4 is 14.8 Å². The molecule has 2 amide bonds. The Kier molecular flexibility index (Phi) is 8.86. The maximum atomic E-state index is 14.8. The molecule has 0 fully saturated rings. The van der Waals surface area contributed by atoms with Crippen LogP contribution in [0.3, 0.4) is 0 Å². The number of aliphatic hydroxyl groups excluding tert-OH is 3. The first-order valence-electron chi connectivity index (χ1n) is 13.7. The van der Waals surface area contributed by atoms with Crippen LogP contribution in [0.25, 0.3) is 0 Å².